The van der Waals surface area contributed by atoms with Gasteiger partial charge in [-0.2, -0.15) is 0 Å². The molecule has 109 heavy (non-hydrogen) atoms. The van der Waals surface area contributed by atoms with E-state index in [1.165, 1.54) is 4.90 Å². The summed E-state index contributed by atoms with van der Waals surface area (Å²) < 4.78 is 50.1. The monoisotopic (exact) mass is 1490 g/mol. The molecule has 6 fully saturated rings. The first-order valence-electron chi connectivity index (χ1n) is 38.0. The van der Waals surface area contributed by atoms with Crippen molar-refractivity contribution in [3.63, 3.8) is 0 Å². The highest BCUT2D eigenvalue weighted by Crippen LogP contribution is 2.71. The molecule has 3 saturated carbocycles. The lowest BCUT2D eigenvalue weighted by Crippen LogP contribution is -2.32. The molecule has 0 bridgehead atoms. The van der Waals surface area contributed by atoms with E-state index in [0.29, 0.717) is 84.9 Å². The number of hydrogen-bond donors (Lipinski definition) is 3. The Morgan fingerprint density at radius 2 is 0.606 bits per heavy atom. The molecule has 3 unspecified atom stereocenters. The van der Waals surface area contributed by atoms with Crippen LogP contribution in [0.25, 0.3) is 0 Å². The summed E-state index contributed by atoms with van der Waals surface area (Å²) in [7, 11) is 0. The van der Waals surface area contributed by atoms with Crippen molar-refractivity contribution in [3.05, 3.63) is 185 Å². The Balaban J connectivity index is 0.000000144. The summed E-state index contributed by atoms with van der Waals surface area (Å²) in [6.07, 6.45) is 3.08. The zero-order valence-electron chi connectivity index (χ0n) is 68.3. The third-order valence-corrected chi connectivity index (χ3v) is 26.5. The van der Waals surface area contributed by atoms with E-state index in [9.17, 15) is 48.5 Å². The van der Waals surface area contributed by atoms with Gasteiger partial charge in [-0.25, -0.2) is 4.39 Å². The van der Waals surface area contributed by atoms with Gasteiger partial charge >= 0.3 is 0 Å². The quantitative estimate of drug-likeness (QED) is 0.0695. The number of allylic oxidation sites excluding steroid dienone is 3. The van der Waals surface area contributed by atoms with Crippen LogP contribution in [0.4, 0.5) is 21.5 Å². The average Bonchev–Trinajstić information content (AvgIpc) is 1.52. The van der Waals surface area contributed by atoms with Crippen molar-refractivity contribution in [2.45, 2.75) is 237 Å². The highest BCUT2D eigenvalue weighted by atomic mass is 19.1. The highest BCUT2D eigenvalue weighted by molar-refractivity contribution is 6.36. The molecule has 19 heteroatoms. The number of Topliss-reactive ketones (excluding diaryl/α,β-unsaturated/α-hetero) is 3. The van der Waals surface area contributed by atoms with Gasteiger partial charge in [-0.3, -0.25) is 43.5 Å². The molecule has 15 rings (SSSR count). The normalized spacial score (nSPS) is 21.9. The van der Waals surface area contributed by atoms with Crippen molar-refractivity contribution in [2.24, 2.45) is 28.6 Å². The second-order valence-electron chi connectivity index (χ2n) is 33.7. The number of ketones is 3. The lowest BCUT2D eigenvalue weighted by Gasteiger charge is -2.31. The van der Waals surface area contributed by atoms with Crippen LogP contribution in [0.1, 0.15) is 219 Å². The van der Waals surface area contributed by atoms with Crippen LogP contribution >= 0.6 is 0 Å². The number of amides is 3. The number of carbonyl (C=O) groups excluding carboxylic acids is 6. The summed E-state index contributed by atoms with van der Waals surface area (Å²) >= 11 is 0. The number of nitrogens with zero attached hydrogens (tertiary/aromatic N) is 3. The molecule has 3 aliphatic carbocycles. The van der Waals surface area contributed by atoms with Crippen LogP contribution in [-0.2, 0) is 28.8 Å². The van der Waals surface area contributed by atoms with Crippen LogP contribution in [0.2, 0.25) is 0 Å². The number of rotatable bonds is 9. The van der Waals surface area contributed by atoms with Crippen LogP contribution in [0.5, 0.6) is 34.5 Å². The third-order valence-electron chi connectivity index (χ3n) is 26.5. The van der Waals surface area contributed by atoms with Crippen LogP contribution in [0.3, 0.4) is 0 Å². The van der Waals surface area contributed by atoms with Gasteiger partial charge in [-0.15, -0.1) is 0 Å². The van der Waals surface area contributed by atoms with E-state index < -0.39 is 47.4 Å². The Morgan fingerprint density at radius 1 is 0.349 bits per heavy atom. The number of aliphatic hydroxyl groups is 3. The van der Waals surface area contributed by atoms with Crippen LogP contribution in [0.15, 0.2) is 46.1 Å². The maximum atomic E-state index is 14.9. The van der Waals surface area contributed by atoms with Gasteiger partial charge < -0.3 is 43.7 Å². The summed E-state index contributed by atoms with van der Waals surface area (Å²) in [4.78, 5) is 89.8. The van der Waals surface area contributed by atoms with Crippen LogP contribution in [-0.4, -0.2) is 69.8 Å². The van der Waals surface area contributed by atoms with E-state index in [-0.39, 0.29) is 93.6 Å². The summed E-state index contributed by atoms with van der Waals surface area (Å²) in [5.74, 6) is -0.866. The topological polar surface area (TPSA) is 228 Å². The fourth-order valence-corrected chi connectivity index (χ4v) is 18.2. The Hall–Kier alpha value is -9.91. The molecule has 3 atom stereocenters. The second kappa shape index (κ2) is 26.4. The van der Waals surface area contributed by atoms with Crippen molar-refractivity contribution < 1.29 is 76.9 Å². The molecule has 6 aromatic carbocycles. The van der Waals surface area contributed by atoms with E-state index in [0.717, 1.165) is 126 Å². The second-order valence-corrected chi connectivity index (χ2v) is 33.7. The van der Waals surface area contributed by atoms with Crippen molar-refractivity contribution in [2.75, 3.05) is 28.3 Å². The maximum Gasteiger partial charge on any atom is 0.266 e. The predicted molar refractivity (Wildman–Crippen MR) is 417 cm³/mol. The first-order chi connectivity index (χ1) is 50.8. The largest absolute Gasteiger partial charge is 0.511 e. The zero-order valence-corrected chi connectivity index (χ0v) is 68.3. The number of ether oxygens (including phenoxy) is 6. The molecule has 6 aliphatic heterocycles. The molecule has 0 aromatic heterocycles. The first-order valence-corrected chi connectivity index (χ1v) is 38.0. The van der Waals surface area contributed by atoms with Gasteiger partial charge in [0.25, 0.3) is 17.7 Å². The third kappa shape index (κ3) is 11.5. The SMILES string of the molecule is Cc1c(C)c(C2C(=O)C(=C(O)C3CC3)C(=O)N2c2c(C)c(C)c3c(c2C)OCO3)c(C)c(C)c1F.Cc1cc(C)c(C)c(C2C(=O)C(=C(O)C3C(C)(C)C3(C)C)C(=O)N2c2c(C)c(C)c3c(c2C)OC(C)(C)O3)c1C.Cc1cc(C)c(C)c(C2C(=O)C(=C(O)C3CC3)C(=O)N2c2c(C)c(C)c3c(c2C)OCO3)c1C. The van der Waals surface area contributed by atoms with E-state index in [1.807, 2.05) is 132 Å². The predicted octanol–water partition coefficient (Wildman–Crippen LogP) is 18.5. The molecule has 3 amide bonds. The minimum Gasteiger partial charge on any atom is -0.511 e. The van der Waals surface area contributed by atoms with Crippen LogP contribution in [0, 0.1) is 180 Å². The van der Waals surface area contributed by atoms with Gasteiger partial charge in [0.1, 0.15) is 57.9 Å². The van der Waals surface area contributed by atoms with Crippen molar-refractivity contribution in [1.82, 2.24) is 0 Å². The molecular formula is C90H104FN3O15. The summed E-state index contributed by atoms with van der Waals surface area (Å²) in [6.45, 7) is 52.5. The Morgan fingerprint density at radius 3 is 0.899 bits per heavy atom. The highest BCUT2D eigenvalue weighted by Gasteiger charge is 2.68. The van der Waals surface area contributed by atoms with Gasteiger partial charge in [0.05, 0.1) is 17.1 Å². The van der Waals surface area contributed by atoms with Gasteiger partial charge in [-0.05, 0) is 282 Å². The number of halogens is 1. The van der Waals surface area contributed by atoms with Gasteiger partial charge in [0.2, 0.25) is 19.4 Å². The lowest BCUT2D eigenvalue weighted by molar-refractivity contribution is -0.118. The van der Waals surface area contributed by atoms with E-state index in [2.05, 4.69) is 39.8 Å². The molecule has 0 radical (unpaired) electrons. The van der Waals surface area contributed by atoms with Crippen molar-refractivity contribution >= 4 is 52.1 Å². The molecule has 3 N–H and O–H groups in total. The summed E-state index contributed by atoms with van der Waals surface area (Å²) in [5.41, 5.74) is 20.8. The Labute approximate surface area is 639 Å². The lowest BCUT2D eigenvalue weighted by atomic mass is 9.86. The summed E-state index contributed by atoms with van der Waals surface area (Å²) in [5, 5.41) is 33.5. The number of carbonyl (C=O) groups is 6. The Kier molecular flexibility index (Phi) is 18.7. The fourth-order valence-electron chi connectivity index (χ4n) is 18.2. The Bertz CT molecular complexity index is 5170. The van der Waals surface area contributed by atoms with Crippen molar-refractivity contribution in [3.8, 4) is 34.5 Å². The minimum absolute atomic E-state index is 0.0602. The van der Waals surface area contributed by atoms with Crippen LogP contribution < -0.4 is 43.1 Å². The molecule has 18 nitrogen and oxygen atoms in total. The van der Waals surface area contributed by atoms with Crippen molar-refractivity contribution in [1.29, 1.82) is 0 Å². The smallest absolute Gasteiger partial charge is 0.266 e. The number of aryl methyl sites for hydroxylation is 4. The number of aliphatic hydroxyl groups excluding tert-OH is 3. The first kappa shape index (κ1) is 77.3. The van der Waals surface area contributed by atoms with E-state index in [4.69, 9.17) is 28.4 Å². The number of anilines is 3. The standard InChI is InChI=1S/C34H43NO5.C28H30FNO5.C28H31NO5/c1-15-14-16(2)18(4)22(17(15)3)25-26(36)23(27(37)30-32(8,9)33(30,10)11)31(38)35(25)24-19(5)20(6)28-29(21(24)7)40-34(12,13)39-28;1-11-13(3)21(29)14(4)12(2)19(11)23-25(32)20(24(31)18-8-9-18)28(33)30(23)22-15(5)16(6)26-27(17(22)7)35-10-34-26;1-12-10-13(2)15(4)20(14(12)3)23-25(31)21(24(30)19-8-9-19)28(32)29(23)22-16(5)17(6)26-27(18(22)7)34-11-33-26/h14,25,30,37H,1-13H3;18,23,31H,8-10H2,1-7H3;10,19,23,30H,8-9,11H2,1-7H3. The molecule has 576 valence electrons. The number of benzene rings is 6. The molecular weight excluding hydrogens is 1380 g/mol. The maximum absolute atomic E-state index is 14.9. The van der Waals surface area contributed by atoms with E-state index in [1.54, 1.807) is 37.5 Å². The molecule has 9 aliphatic rings. The average molecular weight is 1490 g/mol. The number of fused-ring (bicyclic) bond motifs is 3. The fraction of sp³-hybridized carbons (Fsp3) is 0.467. The molecule has 6 aromatic rings. The van der Waals surface area contributed by atoms with Gasteiger partial charge in [0, 0.05) is 65.0 Å². The molecule has 6 heterocycles. The minimum atomic E-state index is -1.02. The summed E-state index contributed by atoms with van der Waals surface area (Å²) in [6, 6.07) is 1.46. The molecule has 3 saturated heterocycles. The van der Waals surface area contributed by atoms with Gasteiger partial charge in [-0.1, -0.05) is 39.8 Å². The number of hydrogen-bond acceptors (Lipinski definition) is 15. The van der Waals surface area contributed by atoms with Gasteiger partial charge in [0.15, 0.2) is 51.8 Å². The molecule has 0 spiro atoms. The zero-order chi connectivity index (χ0) is 80.2. The van der Waals surface area contributed by atoms with E-state index >= 15 is 0 Å².